The molecule has 2 aliphatic carbocycles. The van der Waals surface area contributed by atoms with Crippen molar-refractivity contribution in [3.63, 3.8) is 0 Å². The maximum atomic E-state index is 2.52. The molecule has 0 aliphatic heterocycles. The van der Waals surface area contributed by atoms with Crippen LogP contribution in [0.2, 0.25) is 0 Å². The molecule has 1 spiro atoms. The summed E-state index contributed by atoms with van der Waals surface area (Å²) in [5.74, 6) is 3.04. The quantitative estimate of drug-likeness (QED) is 0.604. The molecule has 88 valence electrons. The number of rotatable bonds is 5. The van der Waals surface area contributed by atoms with Crippen molar-refractivity contribution in [2.75, 3.05) is 0 Å². The zero-order valence-electron chi connectivity index (χ0n) is 11.3. The number of hydrogen-bond donors (Lipinski definition) is 0. The smallest absolute Gasteiger partial charge is 0.0178 e. The average molecular weight is 208 g/mol. The lowest BCUT2D eigenvalue weighted by atomic mass is 10.0. The second-order valence-corrected chi connectivity index (χ2v) is 6.98. The molecule has 0 heterocycles. The fraction of sp³-hybridized carbons (Fsp3) is 1.00. The first-order valence-corrected chi connectivity index (χ1v) is 6.96. The van der Waals surface area contributed by atoms with Gasteiger partial charge in [0.1, 0.15) is 0 Å². The average Bonchev–Trinajstić information content (AvgIpc) is 2.90. The Morgan fingerprint density at radius 1 is 1.20 bits per heavy atom. The largest absolute Gasteiger partial charge is 0.0654 e. The van der Waals surface area contributed by atoms with Crippen LogP contribution >= 0.6 is 0 Å². The predicted molar refractivity (Wildman–Crippen MR) is 66.8 cm³/mol. The Morgan fingerprint density at radius 2 is 1.87 bits per heavy atom. The zero-order chi connectivity index (χ0) is 11.3. The minimum atomic E-state index is 0.682. The van der Waals surface area contributed by atoms with Crippen molar-refractivity contribution >= 4 is 0 Å². The molecule has 0 bridgehead atoms. The fourth-order valence-corrected chi connectivity index (χ4v) is 4.39. The molecule has 3 atom stereocenters. The van der Waals surface area contributed by atoms with Gasteiger partial charge < -0.3 is 0 Å². The van der Waals surface area contributed by atoms with Gasteiger partial charge >= 0.3 is 0 Å². The van der Waals surface area contributed by atoms with Crippen LogP contribution in [0.5, 0.6) is 0 Å². The first kappa shape index (κ1) is 11.5. The van der Waals surface area contributed by atoms with Crippen molar-refractivity contribution in [1.29, 1.82) is 0 Å². The van der Waals surface area contributed by atoms with Gasteiger partial charge in [0, 0.05) is 0 Å². The standard InChI is InChI=1S/C15H28/c1-6-7-12-10-15(12)13(14(15,4)5)9-8-11(2)3/h11-13H,6-10H2,1-5H3. The second kappa shape index (κ2) is 3.50. The highest BCUT2D eigenvalue weighted by molar-refractivity contribution is 5.28. The van der Waals surface area contributed by atoms with Crippen LogP contribution in [0.4, 0.5) is 0 Å². The molecular formula is C15H28. The molecular weight excluding hydrogens is 180 g/mol. The van der Waals surface area contributed by atoms with Gasteiger partial charge in [0.25, 0.3) is 0 Å². The summed E-state index contributed by atoms with van der Waals surface area (Å²) in [6.07, 6.45) is 7.36. The molecule has 0 radical (unpaired) electrons. The maximum Gasteiger partial charge on any atom is -0.0178 e. The third-order valence-corrected chi connectivity index (χ3v) is 5.43. The van der Waals surface area contributed by atoms with Crippen LogP contribution in [0.25, 0.3) is 0 Å². The van der Waals surface area contributed by atoms with Gasteiger partial charge in [-0.15, -0.1) is 0 Å². The molecule has 0 nitrogen and oxygen atoms in total. The van der Waals surface area contributed by atoms with E-state index in [2.05, 4.69) is 34.6 Å². The summed E-state index contributed by atoms with van der Waals surface area (Å²) in [4.78, 5) is 0. The summed E-state index contributed by atoms with van der Waals surface area (Å²) in [7, 11) is 0. The summed E-state index contributed by atoms with van der Waals surface area (Å²) in [5, 5.41) is 0. The van der Waals surface area contributed by atoms with Crippen LogP contribution in [0.15, 0.2) is 0 Å². The molecule has 0 aromatic carbocycles. The lowest BCUT2D eigenvalue weighted by Gasteiger charge is -2.04. The monoisotopic (exact) mass is 208 g/mol. The molecule has 0 N–H and O–H groups in total. The highest BCUT2D eigenvalue weighted by atomic mass is 14.8. The van der Waals surface area contributed by atoms with E-state index in [1.165, 1.54) is 25.7 Å². The summed E-state index contributed by atoms with van der Waals surface area (Å²) >= 11 is 0. The van der Waals surface area contributed by atoms with E-state index in [1.54, 1.807) is 6.42 Å². The van der Waals surface area contributed by atoms with Crippen molar-refractivity contribution in [2.24, 2.45) is 28.6 Å². The fourth-order valence-electron chi connectivity index (χ4n) is 4.39. The second-order valence-electron chi connectivity index (χ2n) is 6.98. The van der Waals surface area contributed by atoms with Crippen molar-refractivity contribution in [3.05, 3.63) is 0 Å². The molecule has 2 fully saturated rings. The van der Waals surface area contributed by atoms with E-state index in [0.717, 1.165) is 23.2 Å². The van der Waals surface area contributed by atoms with Crippen LogP contribution in [0.3, 0.4) is 0 Å². The van der Waals surface area contributed by atoms with Gasteiger partial charge in [-0.25, -0.2) is 0 Å². The molecule has 0 aromatic heterocycles. The Balaban J connectivity index is 1.88. The van der Waals surface area contributed by atoms with Crippen LogP contribution < -0.4 is 0 Å². The maximum absolute atomic E-state index is 2.52. The molecule has 0 aromatic rings. The molecule has 3 unspecified atom stereocenters. The van der Waals surface area contributed by atoms with Gasteiger partial charge in [-0.2, -0.15) is 0 Å². The van der Waals surface area contributed by atoms with E-state index < -0.39 is 0 Å². The molecule has 0 saturated heterocycles. The van der Waals surface area contributed by atoms with Gasteiger partial charge in [0.05, 0.1) is 0 Å². The van der Waals surface area contributed by atoms with Crippen LogP contribution in [-0.4, -0.2) is 0 Å². The van der Waals surface area contributed by atoms with Crippen LogP contribution in [0, 0.1) is 28.6 Å². The van der Waals surface area contributed by atoms with Crippen LogP contribution in [0.1, 0.15) is 66.7 Å². The first-order valence-electron chi connectivity index (χ1n) is 6.96. The lowest BCUT2D eigenvalue weighted by molar-refractivity contribution is 0.468. The van der Waals surface area contributed by atoms with E-state index in [4.69, 9.17) is 0 Å². The first-order chi connectivity index (χ1) is 6.96. The molecule has 2 rings (SSSR count). The molecule has 2 aliphatic rings. The van der Waals surface area contributed by atoms with Gasteiger partial charge in [-0.1, -0.05) is 53.9 Å². The highest BCUT2D eigenvalue weighted by Crippen LogP contribution is 2.87. The third kappa shape index (κ3) is 1.56. The summed E-state index contributed by atoms with van der Waals surface area (Å²) < 4.78 is 0. The molecule has 2 saturated carbocycles. The SMILES string of the molecule is CCCC1CC12C(CCC(C)C)C2(C)C. The van der Waals surface area contributed by atoms with E-state index >= 15 is 0 Å². The predicted octanol–water partition coefficient (Wildman–Crippen LogP) is 4.89. The van der Waals surface area contributed by atoms with Gasteiger partial charge in [0.2, 0.25) is 0 Å². The van der Waals surface area contributed by atoms with Crippen molar-refractivity contribution < 1.29 is 0 Å². The Labute approximate surface area is 95.8 Å². The summed E-state index contributed by atoms with van der Waals surface area (Å²) in [6.45, 7) is 12.1. The third-order valence-electron chi connectivity index (χ3n) is 5.43. The molecule has 0 amide bonds. The summed E-state index contributed by atoms with van der Waals surface area (Å²) in [6, 6.07) is 0. The Hall–Kier alpha value is 0. The normalized spacial score (nSPS) is 41.2. The van der Waals surface area contributed by atoms with Gasteiger partial charge in [-0.3, -0.25) is 0 Å². The van der Waals surface area contributed by atoms with E-state index in [0.29, 0.717) is 5.41 Å². The highest BCUT2D eigenvalue weighted by Gasteiger charge is 2.80. The van der Waals surface area contributed by atoms with Crippen LogP contribution in [-0.2, 0) is 0 Å². The van der Waals surface area contributed by atoms with Gasteiger partial charge in [-0.05, 0) is 41.4 Å². The zero-order valence-corrected chi connectivity index (χ0v) is 11.3. The summed E-state index contributed by atoms with van der Waals surface area (Å²) in [5.41, 5.74) is 1.50. The van der Waals surface area contributed by atoms with E-state index in [9.17, 15) is 0 Å². The Kier molecular flexibility index (Phi) is 2.68. The van der Waals surface area contributed by atoms with Gasteiger partial charge in [0.15, 0.2) is 0 Å². The lowest BCUT2D eigenvalue weighted by Crippen LogP contribution is -1.93. The molecule has 0 heteroatoms. The Morgan fingerprint density at radius 3 is 2.40 bits per heavy atom. The van der Waals surface area contributed by atoms with Crippen molar-refractivity contribution in [1.82, 2.24) is 0 Å². The van der Waals surface area contributed by atoms with E-state index in [1.807, 2.05) is 0 Å². The minimum Gasteiger partial charge on any atom is -0.0654 e. The number of hydrogen-bond acceptors (Lipinski definition) is 0. The minimum absolute atomic E-state index is 0.682. The van der Waals surface area contributed by atoms with E-state index in [-0.39, 0.29) is 0 Å². The topological polar surface area (TPSA) is 0 Å². The van der Waals surface area contributed by atoms with Crippen molar-refractivity contribution in [3.8, 4) is 0 Å². The van der Waals surface area contributed by atoms with Crippen molar-refractivity contribution in [2.45, 2.75) is 66.7 Å². The molecule has 15 heavy (non-hydrogen) atoms. The Bertz CT molecular complexity index is 238.